The number of aromatic nitrogens is 2. The molecule has 0 bridgehead atoms. The van der Waals surface area contributed by atoms with Gasteiger partial charge in [-0.1, -0.05) is 25.1 Å². The van der Waals surface area contributed by atoms with Crippen LogP contribution in [-0.4, -0.2) is 33.7 Å². The highest BCUT2D eigenvalue weighted by Gasteiger charge is 2.18. The van der Waals surface area contributed by atoms with E-state index in [9.17, 15) is 14.4 Å². The number of rotatable bonds is 6. The molecule has 0 saturated heterocycles. The topological polar surface area (TPSA) is 104 Å². The van der Waals surface area contributed by atoms with Crippen molar-refractivity contribution in [3.8, 4) is 0 Å². The zero-order chi connectivity index (χ0) is 15.8. The van der Waals surface area contributed by atoms with Crippen LogP contribution in [0.4, 0.5) is 4.79 Å². The number of hydrogen-bond donors (Lipinski definition) is 3. The summed E-state index contributed by atoms with van der Waals surface area (Å²) in [6.07, 6.45) is 1.59. The van der Waals surface area contributed by atoms with E-state index in [0.717, 1.165) is 18.2 Å². The Hall–Kier alpha value is -1.83. The summed E-state index contributed by atoms with van der Waals surface area (Å²) >= 11 is 1.11. The molecule has 1 aromatic heterocycles. The van der Waals surface area contributed by atoms with Crippen molar-refractivity contribution in [1.29, 1.82) is 0 Å². The lowest BCUT2D eigenvalue weighted by atomic mass is 10.2. The number of hydrogen-bond acceptors (Lipinski definition) is 5. The average Bonchev–Trinajstić information content (AvgIpc) is 2.38. The smallest absolute Gasteiger partial charge is 0.321 e. The standard InChI is InChI=1S/C13H20N4O3S/c1-4-6-9-7-10(18)16-13(15-9)21-8(3)11(19)17-12(20)14-5-2/h7-8H,4-6H2,1-3H3,(H,15,16,18)(H2,14,17,19,20). The Labute approximate surface area is 127 Å². The molecule has 0 spiro atoms. The van der Waals surface area contributed by atoms with Crippen molar-refractivity contribution < 1.29 is 9.59 Å². The van der Waals surface area contributed by atoms with Crippen LogP contribution in [0.25, 0.3) is 0 Å². The maximum absolute atomic E-state index is 11.8. The third-order valence-corrected chi connectivity index (χ3v) is 3.50. The van der Waals surface area contributed by atoms with Crippen molar-refractivity contribution in [2.75, 3.05) is 6.54 Å². The van der Waals surface area contributed by atoms with Crippen LogP contribution in [0, 0.1) is 0 Å². The minimum Gasteiger partial charge on any atom is -0.338 e. The first kappa shape index (κ1) is 17.2. The van der Waals surface area contributed by atoms with Crippen LogP contribution in [0.5, 0.6) is 0 Å². The van der Waals surface area contributed by atoms with Gasteiger partial charge in [-0.15, -0.1) is 0 Å². The maximum Gasteiger partial charge on any atom is 0.321 e. The molecule has 1 unspecified atom stereocenters. The van der Waals surface area contributed by atoms with Gasteiger partial charge in [-0.2, -0.15) is 0 Å². The minimum absolute atomic E-state index is 0.243. The zero-order valence-electron chi connectivity index (χ0n) is 12.4. The highest BCUT2D eigenvalue weighted by Crippen LogP contribution is 2.18. The van der Waals surface area contributed by atoms with E-state index < -0.39 is 17.2 Å². The van der Waals surface area contributed by atoms with Crippen molar-refractivity contribution in [1.82, 2.24) is 20.6 Å². The van der Waals surface area contributed by atoms with Crippen LogP contribution >= 0.6 is 11.8 Å². The lowest BCUT2D eigenvalue weighted by Crippen LogP contribution is -2.42. The Morgan fingerprint density at radius 1 is 1.43 bits per heavy atom. The predicted octanol–water partition coefficient (Wildman–Crippen LogP) is 1.05. The fourth-order valence-electron chi connectivity index (χ4n) is 1.56. The summed E-state index contributed by atoms with van der Waals surface area (Å²) in [5.74, 6) is -0.436. The number of nitrogens with zero attached hydrogens (tertiary/aromatic N) is 1. The normalized spacial score (nSPS) is 11.8. The van der Waals surface area contributed by atoms with E-state index in [1.54, 1.807) is 13.8 Å². The summed E-state index contributed by atoms with van der Waals surface area (Å²) in [4.78, 5) is 41.5. The molecule has 1 rings (SSSR count). The van der Waals surface area contributed by atoms with Gasteiger partial charge >= 0.3 is 6.03 Å². The largest absolute Gasteiger partial charge is 0.338 e. The Balaban J connectivity index is 2.69. The summed E-state index contributed by atoms with van der Waals surface area (Å²) in [7, 11) is 0. The third kappa shape index (κ3) is 5.99. The van der Waals surface area contributed by atoms with Crippen LogP contribution in [0.3, 0.4) is 0 Å². The van der Waals surface area contributed by atoms with Gasteiger partial charge < -0.3 is 10.3 Å². The Kier molecular flexibility index (Phi) is 6.93. The molecule has 0 radical (unpaired) electrons. The first-order valence-electron chi connectivity index (χ1n) is 6.81. The highest BCUT2D eigenvalue weighted by molar-refractivity contribution is 8.00. The first-order valence-corrected chi connectivity index (χ1v) is 7.69. The molecule has 0 aliphatic rings. The third-order valence-electron chi connectivity index (χ3n) is 2.51. The molecule has 3 N–H and O–H groups in total. The molecule has 1 aromatic rings. The Bertz CT molecular complexity index is 559. The summed E-state index contributed by atoms with van der Waals surface area (Å²) in [5.41, 5.74) is 0.451. The number of H-pyrrole nitrogens is 1. The molecule has 0 fully saturated rings. The average molecular weight is 312 g/mol. The number of urea groups is 1. The molecule has 3 amide bonds. The number of thioether (sulfide) groups is 1. The summed E-state index contributed by atoms with van der Waals surface area (Å²) < 4.78 is 0. The van der Waals surface area contributed by atoms with Crippen molar-refractivity contribution >= 4 is 23.7 Å². The zero-order valence-corrected chi connectivity index (χ0v) is 13.2. The number of aryl methyl sites for hydroxylation is 1. The van der Waals surface area contributed by atoms with Crippen LogP contribution in [-0.2, 0) is 11.2 Å². The number of imide groups is 1. The van der Waals surface area contributed by atoms with Crippen molar-refractivity contribution in [3.05, 3.63) is 22.1 Å². The van der Waals surface area contributed by atoms with Crippen LogP contribution in [0.15, 0.2) is 16.0 Å². The molecule has 0 aromatic carbocycles. The van der Waals surface area contributed by atoms with Crippen molar-refractivity contribution in [3.63, 3.8) is 0 Å². The highest BCUT2D eigenvalue weighted by atomic mass is 32.2. The molecule has 1 atom stereocenters. The second-order valence-corrected chi connectivity index (χ2v) is 5.73. The monoisotopic (exact) mass is 312 g/mol. The van der Waals surface area contributed by atoms with E-state index >= 15 is 0 Å². The van der Waals surface area contributed by atoms with Gasteiger partial charge in [0.1, 0.15) is 0 Å². The van der Waals surface area contributed by atoms with Crippen molar-refractivity contribution in [2.24, 2.45) is 0 Å². The molecule has 0 aliphatic heterocycles. The van der Waals surface area contributed by atoms with E-state index in [2.05, 4.69) is 20.6 Å². The number of carbonyl (C=O) groups is 2. The quantitative estimate of drug-likeness (QED) is 0.538. The number of amides is 3. The van der Waals surface area contributed by atoms with Crippen LogP contribution in [0.1, 0.15) is 32.9 Å². The molecular formula is C13H20N4O3S. The van der Waals surface area contributed by atoms with Gasteiger partial charge in [0.25, 0.3) is 5.56 Å². The predicted molar refractivity (Wildman–Crippen MR) is 81.4 cm³/mol. The molecule has 7 nitrogen and oxygen atoms in total. The lowest BCUT2D eigenvalue weighted by molar-refractivity contribution is -0.119. The van der Waals surface area contributed by atoms with E-state index in [1.165, 1.54) is 6.07 Å². The van der Waals surface area contributed by atoms with Gasteiger partial charge in [-0.25, -0.2) is 9.78 Å². The molecule has 21 heavy (non-hydrogen) atoms. The summed E-state index contributed by atoms with van der Waals surface area (Å²) in [5, 5.41) is 4.53. The first-order chi connectivity index (χ1) is 9.96. The molecule has 8 heteroatoms. The minimum atomic E-state index is -0.548. The molecule has 0 saturated carbocycles. The van der Waals surface area contributed by atoms with Crippen molar-refractivity contribution in [2.45, 2.75) is 44.0 Å². The van der Waals surface area contributed by atoms with Gasteiger partial charge in [0.2, 0.25) is 5.91 Å². The second-order valence-electron chi connectivity index (χ2n) is 4.40. The number of carbonyl (C=O) groups excluding carboxylic acids is 2. The Morgan fingerprint density at radius 3 is 2.76 bits per heavy atom. The molecule has 0 aliphatic carbocycles. The summed E-state index contributed by atoms with van der Waals surface area (Å²) in [6.45, 7) is 5.84. The van der Waals surface area contributed by atoms with Crippen LogP contribution in [0.2, 0.25) is 0 Å². The molecule has 116 valence electrons. The van der Waals surface area contributed by atoms with Gasteiger partial charge in [0.05, 0.1) is 5.25 Å². The maximum atomic E-state index is 11.8. The molecule has 1 heterocycles. The van der Waals surface area contributed by atoms with E-state index in [0.29, 0.717) is 23.8 Å². The number of aromatic amines is 1. The summed E-state index contributed by atoms with van der Waals surface area (Å²) in [6, 6.07) is 0.920. The SMILES string of the molecule is CCCc1cc(=O)[nH]c(SC(C)C(=O)NC(=O)NCC)n1. The fraction of sp³-hybridized carbons (Fsp3) is 0.538. The van der Waals surface area contributed by atoms with Gasteiger partial charge in [-0.3, -0.25) is 14.9 Å². The lowest BCUT2D eigenvalue weighted by Gasteiger charge is -2.11. The molecular weight excluding hydrogens is 292 g/mol. The fourth-order valence-corrected chi connectivity index (χ4v) is 2.39. The van der Waals surface area contributed by atoms with E-state index in [4.69, 9.17) is 0 Å². The number of nitrogens with one attached hydrogen (secondary N) is 3. The van der Waals surface area contributed by atoms with Gasteiger partial charge in [0, 0.05) is 18.3 Å². The second kappa shape index (κ2) is 8.46. The van der Waals surface area contributed by atoms with Crippen LogP contribution < -0.4 is 16.2 Å². The van der Waals surface area contributed by atoms with Gasteiger partial charge in [0.15, 0.2) is 5.16 Å². The van der Waals surface area contributed by atoms with E-state index in [-0.39, 0.29) is 5.56 Å². The van der Waals surface area contributed by atoms with E-state index in [1.807, 2.05) is 6.92 Å². The van der Waals surface area contributed by atoms with Gasteiger partial charge in [-0.05, 0) is 20.3 Å². The Morgan fingerprint density at radius 2 is 2.14 bits per heavy atom.